The number of nitrogens with zero attached hydrogens (tertiary/aromatic N) is 2. The Balaban J connectivity index is 2.05. The number of nitriles is 1. The maximum absolute atomic E-state index is 11.2. The highest BCUT2D eigenvalue weighted by Crippen LogP contribution is 2.19. The Morgan fingerprint density at radius 3 is 3.00 bits per heavy atom. The number of rotatable bonds is 2. The molecule has 0 unspecified atom stereocenters. The Morgan fingerprint density at radius 2 is 2.28 bits per heavy atom. The van der Waals surface area contributed by atoms with Crippen LogP contribution in [0.5, 0.6) is 0 Å². The van der Waals surface area contributed by atoms with Crippen molar-refractivity contribution in [3.63, 3.8) is 0 Å². The van der Waals surface area contributed by atoms with Crippen LogP contribution in [0.4, 0.5) is 0 Å². The van der Waals surface area contributed by atoms with E-state index in [0.29, 0.717) is 30.1 Å². The standard InChI is InChI=1S/C13H14ClN3O/c14-12-7-10(8-15)1-2-11(12)9-17-5-3-13(18)16-4-6-17/h1-2,7H,3-6,9H2,(H,16,18). The van der Waals surface area contributed by atoms with Crippen molar-refractivity contribution in [2.45, 2.75) is 13.0 Å². The molecule has 5 heteroatoms. The second kappa shape index (κ2) is 5.85. The summed E-state index contributed by atoms with van der Waals surface area (Å²) in [5, 5.41) is 12.2. The summed E-state index contributed by atoms with van der Waals surface area (Å²) in [5.41, 5.74) is 1.56. The van der Waals surface area contributed by atoms with Crippen LogP contribution in [0.2, 0.25) is 5.02 Å². The zero-order valence-electron chi connectivity index (χ0n) is 9.95. The van der Waals surface area contributed by atoms with E-state index in [1.54, 1.807) is 12.1 Å². The lowest BCUT2D eigenvalue weighted by molar-refractivity contribution is -0.120. The Bertz CT molecular complexity index is 495. The fourth-order valence-corrected chi connectivity index (χ4v) is 2.20. The van der Waals surface area contributed by atoms with E-state index < -0.39 is 0 Å². The third-order valence-electron chi connectivity index (χ3n) is 2.98. The maximum Gasteiger partial charge on any atom is 0.221 e. The predicted octanol–water partition coefficient (Wildman–Crippen LogP) is 1.53. The van der Waals surface area contributed by atoms with E-state index in [2.05, 4.69) is 16.3 Å². The van der Waals surface area contributed by atoms with Gasteiger partial charge in [0.05, 0.1) is 11.6 Å². The molecule has 1 aromatic rings. The Hall–Kier alpha value is -1.57. The average Bonchev–Trinajstić information content (AvgIpc) is 2.57. The summed E-state index contributed by atoms with van der Waals surface area (Å²) in [5.74, 6) is 0.100. The van der Waals surface area contributed by atoms with Gasteiger partial charge in [-0.3, -0.25) is 9.69 Å². The molecule has 2 rings (SSSR count). The largest absolute Gasteiger partial charge is 0.355 e. The molecule has 0 saturated carbocycles. The van der Waals surface area contributed by atoms with Crippen LogP contribution >= 0.6 is 11.6 Å². The zero-order valence-corrected chi connectivity index (χ0v) is 10.7. The minimum absolute atomic E-state index is 0.100. The van der Waals surface area contributed by atoms with Gasteiger partial charge >= 0.3 is 0 Å². The molecule has 0 bridgehead atoms. The number of halogens is 1. The summed E-state index contributed by atoms with van der Waals surface area (Å²) < 4.78 is 0. The van der Waals surface area contributed by atoms with Crippen molar-refractivity contribution in [3.05, 3.63) is 34.3 Å². The first-order chi connectivity index (χ1) is 8.69. The van der Waals surface area contributed by atoms with Crippen LogP contribution in [-0.4, -0.2) is 30.4 Å². The lowest BCUT2D eigenvalue weighted by Gasteiger charge is -2.19. The molecule has 18 heavy (non-hydrogen) atoms. The monoisotopic (exact) mass is 263 g/mol. The molecular weight excluding hydrogens is 250 g/mol. The number of hydrogen-bond donors (Lipinski definition) is 1. The highest BCUT2D eigenvalue weighted by Gasteiger charge is 2.14. The lowest BCUT2D eigenvalue weighted by Crippen LogP contribution is -2.28. The van der Waals surface area contributed by atoms with Crippen molar-refractivity contribution in [1.82, 2.24) is 10.2 Å². The Labute approximate surface area is 111 Å². The van der Waals surface area contributed by atoms with E-state index in [1.807, 2.05) is 6.07 Å². The van der Waals surface area contributed by atoms with Gasteiger partial charge in [0, 0.05) is 37.6 Å². The van der Waals surface area contributed by atoms with Crippen LogP contribution < -0.4 is 5.32 Å². The van der Waals surface area contributed by atoms with Gasteiger partial charge in [-0.25, -0.2) is 0 Å². The second-order valence-electron chi connectivity index (χ2n) is 4.29. The predicted molar refractivity (Wildman–Crippen MR) is 69.1 cm³/mol. The summed E-state index contributed by atoms with van der Waals surface area (Å²) in [6, 6.07) is 7.38. The molecular formula is C13H14ClN3O. The smallest absolute Gasteiger partial charge is 0.221 e. The molecule has 0 radical (unpaired) electrons. The quantitative estimate of drug-likeness (QED) is 0.881. The van der Waals surface area contributed by atoms with Crippen molar-refractivity contribution in [2.75, 3.05) is 19.6 Å². The molecule has 1 saturated heterocycles. The normalized spacial score (nSPS) is 16.8. The zero-order chi connectivity index (χ0) is 13.0. The van der Waals surface area contributed by atoms with Gasteiger partial charge in [0.1, 0.15) is 0 Å². The molecule has 0 aliphatic carbocycles. The fourth-order valence-electron chi connectivity index (χ4n) is 1.96. The highest BCUT2D eigenvalue weighted by molar-refractivity contribution is 6.31. The van der Waals surface area contributed by atoms with Crippen molar-refractivity contribution in [3.8, 4) is 6.07 Å². The fraction of sp³-hybridized carbons (Fsp3) is 0.385. The SMILES string of the molecule is N#Cc1ccc(CN2CCNC(=O)CC2)c(Cl)c1. The third kappa shape index (κ3) is 3.22. The molecule has 1 heterocycles. The summed E-state index contributed by atoms with van der Waals surface area (Å²) in [7, 11) is 0. The van der Waals surface area contributed by atoms with Gasteiger partial charge in [-0.05, 0) is 17.7 Å². The van der Waals surface area contributed by atoms with Crippen LogP contribution in [0.15, 0.2) is 18.2 Å². The second-order valence-corrected chi connectivity index (χ2v) is 4.70. The molecule has 0 atom stereocenters. The van der Waals surface area contributed by atoms with Crippen molar-refractivity contribution < 1.29 is 4.79 Å². The van der Waals surface area contributed by atoms with Crippen LogP contribution in [0.1, 0.15) is 17.5 Å². The van der Waals surface area contributed by atoms with Crippen molar-refractivity contribution in [2.24, 2.45) is 0 Å². The first-order valence-corrected chi connectivity index (χ1v) is 6.24. The highest BCUT2D eigenvalue weighted by atomic mass is 35.5. The third-order valence-corrected chi connectivity index (χ3v) is 3.33. The summed E-state index contributed by atoms with van der Waals surface area (Å²) in [6.07, 6.45) is 0.522. The van der Waals surface area contributed by atoms with Crippen LogP contribution in [-0.2, 0) is 11.3 Å². The topological polar surface area (TPSA) is 56.1 Å². The maximum atomic E-state index is 11.2. The van der Waals surface area contributed by atoms with E-state index in [9.17, 15) is 4.79 Å². The molecule has 0 spiro atoms. The Morgan fingerprint density at radius 1 is 1.44 bits per heavy atom. The number of hydrogen-bond acceptors (Lipinski definition) is 3. The van der Waals surface area contributed by atoms with E-state index in [-0.39, 0.29) is 5.91 Å². The van der Waals surface area contributed by atoms with Gasteiger partial charge in [0.25, 0.3) is 0 Å². The van der Waals surface area contributed by atoms with E-state index in [4.69, 9.17) is 16.9 Å². The number of carbonyl (C=O) groups excluding carboxylic acids is 1. The van der Waals surface area contributed by atoms with E-state index >= 15 is 0 Å². The molecule has 0 aromatic heterocycles. The molecule has 1 N–H and O–H groups in total. The van der Waals surface area contributed by atoms with Crippen LogP contribution in [0.3, 0.4) is 0 Å². The molecule has 1 aromatic carbocycles. The van der Waals surface area contributed by atoms with Crippen molar-refractivity contribution in [1.29, 1.82) is 5.26 Å². The average molecular weight is 264 g/mol. The molecule has 1 amide bonds. The molecule has 1 aliphatic rings. The minimum Gasteiger partial charge on any atom is -0.355 e. The Kier molecular flexibility index (Phi) is 4.19. The van der Waals surface area contributed by atoms with Gasteiger partial charge < -0.3 is 5.32 Å². The van der Waals surface area contributed by atoms with E-state index in [1.165, 1.54) is 0 Å². The summed E-state index contributed by atoms with van der Waals surface area (Å²) in [4.78, 5) is 13.4. The molecule has 4 nitrogen and oxygen atoms in total. The van der Waals surface area contributed by atoms with Crippen LogP contribution in [0, 0.1) is 11.3 Å². The van der Waals surface area contributed by atoms with Gasteiger partial charge in [0.2, 0.25) is 5.91 Å². The molecule has 1 aliphatic heterocycles. The van der Waals surface area contributed by atoms with Crippen molar-refractivity contribution >= 4 is 17.5 Å². The minimum atomic E-state index is 0.100. The van der Waals surface area contributed by atoms with Gasteiger partial charge in [-0.15, -0.1) is 0 Å². The van der Waals surface area contributed by atoms with Gasteiger partial charge in [0.15, 0.2) is 0 Å². The van der Waals surface area contributed by atoms with Gasteiger partial charge in [-0.1, -0.05) is 17.7 Å². The number of amides is 1. The summed E-state index contributed by atoms with van der Waals surface area (Å²) in [6.45, 7) is 2.94. The number of carbonyl (C=O) groups is 1. The van der Waals surface area contributed by atoms with Gasteiger partial charge in [-0.2, -0.15) is 5.26 Å². The number of nitrogens with one attached hydrogen (secondary N) is 1. The summed E-state index contributed by atoms with van der Waals surface area (Å²) >= 11 is 6.14. The molecule has 1 fully saturated rings. The van der Waals surface area contributed by atoms with E-state index in [0.717, 1.165) is 18.7 Å². The first kappa shape index (κ1) is 12.9. The first-order valence-electron chi connectivity index (χ1n) is 5.86. The lowest BCUT2D eigenvalue weighted by atomic mass is 10.1. The molecule has 94 valence electrons. The number of benzene rings is 1. The van der Waals surface area contributed by atoms with Crippen LogP contribution in [0.25, 0.3) is 0 Å².